The van der Waals surface area contributed by atoms with Gasteiger partial charge >= 0.3 is 5.97 Å². The van der Waals surface area contributed by atoms with Crippen LogP contribution < -0.4 is 9.44 Å². The van der Waals surface area contributed by atoms with Crippen LogP contribution in [0.1, 0.15) is 34.1 Å². The molecule has 0 heterocycles. The van der Waals surface area contributed by atoms with Crippen molar-refractivity contribution in [3.05, 3.63) is 0 Å². The molecule has 0 saturated heterocycles. The van der Waals surface area contributed by atoms with Crippen LogP contribution in [0, 0.1) is 5.92 Å². The zero-order chi connectivity index (χ0) is 12.9. The molecule has 0 aliphatic rings. The maximum atomic E-state index is 11.5. The molecule has 3 N–H and O–H groups in total. The standard InChI is InChI=1S/C9H20N2O4S/c1-6(2)5-8(9(12)13)11-16(14,15)10-7(3)4/h6-8,10-11H,5H2,1-4H3,(H,12,13)/t8-/m1/s1. The predicted octanol–water partition coefficient (Wildman–Crippen LogP) is 0.318. The highest BCUT2D eigenvalue weighted by Crippen LogP contribution is 2.05. The average Bonchev–Trinajstić information content (AvgIpc) is 1.98. The quantitative estimate of drug-likeness (QED) is 0.608. The number of carboxylic acids is 1. The van der Waals surface area contributed by atoms with Crippen molar-refractivity contribution in [3.8, 4) is 0 Å². The first-order chi connectivity index (χ1) is 7.14. The Balaban J connectivity index is 4.57. The van der Waals surface area contributed by atoms with Gasteiger partial charge in [0.05, 0.1) is 0 Å². The van der Waals surface area contributed by atoms with E-state index in [0.29, 0.717) is 0 Å². The zero-order valence-corrected chi connectivity index (χ0v) is 10.8. The molecule has 0 aromatic heterocycles. The number of hydrogen-bond acceptors (Lipinski definition) is 3. The number of hydrogen-bond donors (Lipinski definition) is 3. The normalized spacial score (nSPS) is 14.4. The third-order valence-electron chi connectivity index (χ3n) is 1.69. The lowest BCUT2D eigenvalue weighted by Crippen LogP contribution is -2.48. The zero-order valence-electron chi connectivity index (χ0n) is 10.0. The molecule has 0 radical (unpaired) electrons. The Morgan fingerprint density at radius 3 is 2.00 bits per heavy atom. The molecule has 0 spiro atoms. The number of nitrogens with one attached hydrogen (secondary N) is 2. The molecule has 0 amide bonds. The average molecular weight is 252 g/mol. The van der Waals surface area contributed by atoms with Crippen LogP contribution in [0.5, 0.6) is 0 Å². The van der Waals surface area contributed by atoms with Gasteiger partial charge < -0.3 is 5.11 Å². The molecule has 16 heavy (non-hydrogen) atoms. The van der Waals surface area contributed by atoms with Crippen molar-refractivity contribution < 1.29 is 18.3 Å². The number of carboxylic acid groups (broad SMARTS) is 1. The lowest BCUT2D eigenvalue weighted by molar-refractivity contribution is -0.139. The van der Waals surface area contributed by atoms with Gasteiger partial charge in [0.25, 0.3) is 10.2 Å². The highest BCUT2D eigenvalue weighted by atomic mass is 32.2. The van der Waals surface area contributed by atoms with Gasteiger partial charge in [0.1, 0.15) is 6.04 Å². The first kappa shape index (κ1) is 15.3. The fourth-order valence-corrected chi connectivity index (χ4v) is 2.46. The Labute approximate surface area is 96.6 Å². The van der Waals surface area contributed by atoms with Gasteiger partial charge in [0.15, 0.2) is 0 Å². The predicted molar refractivity (Wildman–Crippen MR) is 61.2 cm³/mol. The molecule has 0 aromatic carbocycles. The van der Waals surface area contributed by atoms with E-state index in [1.165, 1.54) is 0 Å². The second kappa shape index (κ2) is 6.17. The minimum atomic E-state index is -3.75. The van der Waals surface area contributed by atoms with Crippen LogP contribution in [-0.2, 0) is 15.0 Å². The third-order valence-corrected chi connectivity index (χ3v) is 3.07. The van der Waals surface area contributed by atoms with E-state index in [1.54, 1.807) is 13.8 Å². The Morgan fingerprint density at radius 1 is 1.19 bits per heavy atom. The van der Waals surface area contributed by atoms with Crippen LogP contribution in [0.15, 0.2) is 0 Å². The lowest BCUT2D eigenvalue weighted by atomic mass is 10.1. The second-order valence-electron chi connectivity index (χ2n) is 4.41. The summed E-state index contributed by atoms with van der Waals surface area (Å²) >= 11 is 0. The van der Waals surface area contributed by atoms with E-state index in [4.69, 9.17) is 5.11 Å². The molecule has 0 fully saturated rings. The number of carbonyl (C=O) groups is 1. The van der Waals surface area contributed by atoms with Crippen molar-refractivity contribution >= 4 is 16.2 Å². The van der Waals surface area contributed by atoms with E-state index in [9.17, 15) is 13.2 Å². The molecule has 6 nitrogen and oxygen atoms in total. The fourth-order valence-electron chi connectivity index (χ4n) is 1.20. The third kappa shape index (κ3) is 6.76. The van der Waals surface area contributed by atoms with E-state index in [0.717, 1.165) is 0 Å². The van der Waals surface area contributed by atoms with E-state index in [2.05, 4.69) is 9.44 Å². The van der Waals surface area contributed by atoms with Crippen molar-refractivity contribution in [1.29, 1.82) is 0 Å². The number of aliphatic carboxylic acids is 1. The summed E-state index contributed by atoms with van der Waals surface area (Å²) in [6.45, 7) is 7.00. The molecule has 1 atom stereocenters. The van der Waals surface area contributed by atoms with E-state index in [-0.39, 0.29) is 18.4 Å². The van der Waals surface area contributed by atoms with Gasteiger partial charge in [-0.25, -0.2) is 0 Å². The Hall–Kier alpha value is -0.660. The SMILES string of the molecule is CC(C)C[C@@H](NS(=O)(=O)NC(C)C)C(=O)O. The van der Waals surface area contributed by atoms with Crippen molar-refractivity contribution in [3.63, 3.8) is 0 Å². The van der Waals surface area contributed by atoms with Crippen LogP contribution in [0.4, 0.5) is 0 Å². The summed E-state index contributed by atoms with van der Waals surface area (Å²) in [5, 5.41) is 8.86. The highest BCUT2D eigenvalue weighted by molar-refractivity contribution is 7.87. The number of rotatable bonds is 7. The van der Waals surface area contributed by atoms with Gasteiger partial charge in [-0.2, -0.15) is 17.9 Å². The van der Waals surface area contributed by atoms with E-state index >= 15 is 0 Å². The summed E-state index contributed by atoms with van der Waals surface area (Å²) in [7, 11) is -3.75. The van der Waals surface area contributed by atoms with Gasteiger partial charge in [0, 0.05) is 6.04 Å². The highest BCUT2D eigenvalue weighted by Gasteiger charge is 2.24. The first-order valence-corrected chi connectivity index (χ1v) is 6.64. The molecule has 0 aliphatic heterocycles. The van der Waals surface area contributed by atoms with Crippen LogP contribution in [0.3, 0.4) is 0 Å². The van der Waals surface area contributed by atoms with Crippen LogP contribution in [0.2, 0.25) is 0 Å². The van der Waals surface area contributed by atoms with E-state index in [1.807, 2.05) is 13.8 Å². The van der Waals surface area contributed by atoms with Crippen molar-refractivity contribution in [1.82, 2.24) is 9.44 Å². The van der Waals surface area contributed by atoms with Gasteiger partial charge in [-0.05, 0) is 26.2 Å². The smallest absolute Gasteiger partial charge is 0.321 e. The summed E-state index contributed by atoms with van der Waals surface area (Å²) < 4.78 is 27.3. The van der Waals surface area contributed by atoms with Crippen LogP contribution >= 0.6 is 0 Å². The largest absolute Gasteiger partial charge is 0.480 e. The fraction of sp³-hybridized carbons (Fsp3) is 0.889. The molecule has 0 saturated carbocycles. The van der Waals surface area contributed by atoms with Gasteiger partial charge in [-0.15, -0.1) is 0 Å². The summed E-state index contributed by atoms with van der Waals surface area (Å²) in [5.74, 6) is -1.06. The molecular weight excluding hydrogens is 232 g/mol. The molecule has 0 unspecified atom stereocenters. The van der Waals surface area contributed by atoms with Gasteiger partial charge in [-0.3, -0.25) is 4.79 Å². The van der Waals surface area contributed by atoms with Crippen LogP contribution in [-0.4, -0.2) is 31.6 Å². The Bertz CT molecular complexity index is 324. The molecule has 0 rings (SSSR count). The van der Waals surface area contributed by atoms with Crippen molar-refractivity contribution in [2.75, 3.05) is 0 Å². The molecule has 96 valence electrons. The molecule has 0 aliphatic carbocycles. The van der Waals surface area contributed by atoms with E-state index < -0.39 is 22.2 Å². The lowest BCUT2D eigenvalue weighted by Gasteiger charge is -2.17. The minimum absolute atomic E-state index is 0.0999. The van der Waals surface area contributed by atoms with Gasteiger partial charge in [-0.1, -0.05) is 13.8 Å². The van der Waals surface area contributed by atoms with Crippen molar-refractivity contribution in [2.24, 2.45) is 5.92 Å². The van der Waals surface area contributed by atoms with Crippen LogP contribution in [0.25, 0.3) is 0 Å². The topological polar surface area (TPSA) is 95.5 Å². The minimum Gasteiger partial charge on any atom is -0.480 e. The first-order valence-electron chi connectivity index (χ1n) is 5.16. The molecule has 0 aromatic rings. The summed E-state index contributed by atoms with van der Waals surface area (Å²) in [5.41, 5.74) is 0. The molecule has 7 heteroatoms. The molecular formula is C9H20N2O4S. The summed E-state index contributed by atoms with van der Waals surface area (Å²) in [4.78, 5) is 10.8. The van der Waals surface area contributed by atoms with Gasteiger partial charge in [0.2, 0.25) is 0 Å². The maximum absolute atomic E-state index is 11.5. The maximum Gasteiger partial charge on any atom is 0.321 e. The summed E-state index contributed by atoms with van der Waals surface area (Å²) in [6, 6.07) is -1.36. The summed E-state index contributed by atoms with van der Waals surface area (Å²) in [6.07, 6.45) is 0.258. The monoisotopic (exact) mass is 252 g/mol. The molecule has 0 bridgehead atoms. The second-order valence-corrected chi connectivity index (χ2v) is 5.89. The van der Waals surface area contributed by atoms with Crippen molar-refractivity contribution in [2.45, 2.75) is 46.2 Å². The Kier molecular flexibility index (Phi) is 5.91. The Morgan fingerprint density at radius 2 is 1.69 bits per heavy atom.